The van der Waals surface area contributed by atoms with Crippen LogP contribution in [0.15, 0.2) is 82.7 Å². The molecule has 5 nitrogen and oxygen atoms in total. The third-order valence-electron chi connectivity index (χ3n) is 4.12. The van der Waals surface area contributed by atoms with Gasteiger partial charge in [0.1, 0.15) is 0 Å². The maximum absolute atomic E-state index is 13.1. The summed E-state index contributed by atoms with van der Waals surface area (Å²) in [6.45, 7) is 0. The largest absolute Gasteiger partial charge is 0.324 e. The fraction of sp³-hybridized carbons (Fsp3) is 0. The summed E-state index contributed by atoms with van der Waals surface area (Å²) in [6, 6.07) is 20.9. The van der Waals surface area contributed by atoms with E-state index in [1.165, 1.54) is 0 Å². The molecule has 0 amide bonds. The van der Waals surface area contributed by atoms with E-state index in [0.29, 0.717) is 32.2 Å². The molecular weight excluding hydrogens is 431 g/mol. The van der Waals surface area contributed by atoms with E-state index in [1.54, 1.807) is 66.7 Å². The Kier molecular flexibility index (Phi) is 5.53. The molecule has 3 aromatic carbocycles. The number of anilines is 2. The molecule has 144 valence electrons. The second kappa shape index (κ2) is 8.25. The summed E-state index contributed by atoms with van der Waals surface area (Å²) in [5.41, 5.74) is 1.51. The van der Waals surface area contributed by atoms with Crippen molar-refractivity contribution in [1.82, 2.24) is 9.66 Å². The van der Waals surface area contributed by atoms with E-state index in [2.05, 4.69) is 15.4 Å². The number of nitrogens with one attached hydrogen (secondary N) is 1. The molecule has 0 aliphatic rings. The first-order valence-corrected chi connectivity index (χ1v) is 9.69. The summed E-state index contributed by atoms with van der Waals surface area (Å²) in [5.74, 6) is 0.225. The lowest BCUT2D eigenvalue weighted by Crippen LogP contribution is -2.22. The molecule has 1 N–H and O–H groups in total. The van der Waals surface area contributed by atoms with Crippen molar-refractivity contribution in [3.63, 3.8) is 0 Å². The van der Waals surface area contributed by atoms with E-state index < -0.39 is 0 Å². The average molecular weight is 444 g/mol. The van der Waals surface area contributed by atoms with Gasteiger partial charge in [0.2, 0.25) is 5.95 Å². The minimum Gasteiger partial charge on any atom is -0.324 e. The second-order valence-corrected chi connectivity index (χ2v) is 7.33. The Morgan fingerprint density at radius 2 is 1.52 bits per heavy atom. The van der Waals surface area contributed by atoms with Crippen molar-refractivity contribution < 1.29 is 0 Å². The van der Waals surface area contributed by atoms with Crippen molar-refractivity contribution in [3.8, 4) is 0 Å². The Morgan fingerprint density at radius 3 is 2.21 bits per heavy atom. The molecule has 4 rings (SSSR count). The zero-order valence-electron chi connectivity index (χ0n) is 14.8. The van der Waals surface area contributed by atoms with Gasteiger partial charge in [-0.15, -0.1) is 5.10 Å². The van der Waals surface area contributed by atoms with Gasteiger partial charge in [-0.25, -0.2) is 4.98 Å². The van der Waals surface area contributed by atoms with Crippen molar-refractivity contribution in [2.75, 3.05) is 5.32 Å². The molecule has 0 aliphatic carbocycles. The van der Waals surface area contributed by atoms with E-state index in [9.17, 15) is 4.79 Å². The molecule has 0 bridgehead atoms. The number of hydrogen-bond acceptors (Lipinski definition) is 4. The van der Waals surface area contributed by atoms with Gasteiger partial charge in [0.05, 0.1) is 10.9 Å². The van der Waals surface area contributed by atoms with Crippen LogP contribution in [0.25, 0.3) is 10.9 Å². The fourth-order valence-electron chi connectivity index (χ4n) is 2.69. The number of benzene rings is 3. The predicted molar refractivity (Wildman–Crippen MR) is 120 cm³/mol. The van der Waals surface area contributed by atoms with Gasteiger partial charge in [-0.05, 0) is 48.5 Å². The van der Waals surface area contributed by atoms with Gasteiger partial charge >= 0.3 is 0 Å². The molecule has 29 heavy (non-hydrogen) atoms. The van der Waals surface area contributed by atoms with Gasteiger partial charge in [0.15, 0.2) is 5.17 Å². The SMILES string of the molecule is O=c1c2ccccc2nc(Nc2ccc(Cl)cc2)n1/N=C(\Cl)c1ccc(Cl)cc1. The van der Waals surface area contributed by atoms with Crippen molar-refractivity contribution in [1.29, 1.82) is 0 Å². The smallest absolute Gasteiger partial charge is 0.283 e. The maximum Gasteiger partial charge on any atom is 0.283 e. The first-order chi connectivity index (χ1) is 14.0. The second-order valence-electron chi connectivity index (χ2n) is 6.10. The number of fused-ring (bicyclic) bond motifs is 1. The Bertz CT molecular complexity index is 1270. The first-order valence-electron chi connectivity index (χ1n) is 8.56. The molecular formula is C21H13Cl3N4O. The highest BCUT2D eigenvalue weighted by molar-refractivity contribution is 6.69. The summed E-state index contributed by atoms with van der Waals surface area (Å²) in [6.07, 6.45) is 0. The van der Waals surface area contributed by atoms with Crippen LogP contribution in [-0.2, 0) is 0 Å². The fourth-order valence-corrected chi connectivity index (χ4v) is 3.15. The summed E-state index contributed by atoms with van der Waals surface area (Å²) >= 11 is 18.3. The third-order valence-corrected chi connectivity index (χ3v) is 4.92. The zero-order valence-corrected chi connectivity index (χ0v) is 17.1. The Morgan fingerprint density at radius 1 is 0.897 bits per heavy atom. The van der Waals surface area contributed by atoms with E-state index in [1.807, 2.05) is 6.07 Å². The average Bonchev–Trinajstić information content (AvgIpc) is 2.73. The number of rotatable bonds is 4. The molecule has 8 heteroatoms. The quantitative estimate of drug-likeness (QED) is 0.400. The number of nitrogens with zero attached hydrogens (tertiary/aromatic N) is 3. The molecule has 0 aliphatic heterocycles. The predicted octanol–water partition coefficient (Wildman–Crippen LogP) is 5.90. The van der Waals surface area contributed by atoms with Crippen LogP contribution in [0.1, 0.15) is 5.56 Å². The summed E-state index contributed by atoms with van der Waals surface area (Å²) in [4.78, 5) is 17.6. The van der Waals surface area contributed by atoms with Gasteiger partial charge in [-0.2, -0.15) is 4.68 Å². The van der Waals surface area contributed by atoms with Crippen LogP contribution in [0.5, 0.6) is 0 Å². The summed E-state index contributed by atoms with van der Waals surface area (Å²) < 4.78 is 1.15. The van der Waals surface area contributed by atoms with Gasteiger partial charge in [-0.1, -0.05) is 59.1 Å². The van der Waals surface area contributed by atoms with Crippen LogP contribution in [0.3, 0.4) is 0 Å². The van der Waals surface area contributed by atoms with Crippen molar-refractivity contribution in [2.24, 2.45) is 5.10 Å². The number of hydrogen-bond donors (Lipinski definition) is 1. The van der Waals surface area contributed by atoms with E-state index >= 15 is 0 Å². The number of halogens is 3. The minimum atomic E-state index is -0.348. The van der Waals surface area contributed by atoms with Crippen molar-refractivity contribution >= 4 is 62.5 Å². The third kappa shape index (κ3) is 4.27. The van der Waals surface area contributed by atoms with E-state index in [0.717, 1.165) is 4.68 Å². The van der Waals surface area contributed by atoms with Gasteiger partial charge in [0.25, 0.3) is 5.56 Å². The lowest BCUT2D eigenvalue weighted by atomic mass is 10.2. The highest BCUT2D eigenvalue weighted by Gasteiger charge is 2.12. The van der Waals surface area contributed by atoms with Crippen LogP contribution in [0.2, 0.25) is 10.0 Å². The highest BCUT2D eigenvalue weighted by Crippen LogP contribution is 2.20. The Balaban J connectivity index is 1.87. The van der Waals surface area contributed by atoms with Crippen LogP contribution in [0.4, 0.5) is 11.6 Å². The van der Waals surface area contributed by atoms with Crippen LogP contribution < -0.4 is 10.9 Å². The lowest BCUT2D eigenvalue weighted by molar-refractivity contribution is 0.829. The number of aromatic nitrogens is 2. The summed E-state index contributed by atoms with van der Waals surface area (Å²) in [5, 5.41) is 9.15. The molecule has 0 saturated heterocycles. The van der Waals surface area contributed by atoms with Crippen molar-refractivity contribution in [3.05, 3.63) is 98.8 Å². The topological polar surface area (TPSA) is 59.3 Å². The highest BCUT2D eigenvalue weighted by atomic mass is 35.5. The molecule has 0 fully saturated rings. The standard InChI is InChI=1S/C21H13Cl3N4O/c22-14-7-5-13(6-8-14)19(24)27-28-20(29)17-3-1-2-4-18(17)26-21(28)25-16-11-9-15(23)10-12-16/h1-12H,(H,25,26)/b27-19-. The van der Waals surface area contributed by atoms with Gasteiger partial charge in [-0.3, -0.25) is 4.79 Å². The zero-order chi connectivity index (χ0) is 20.4. The van der Waals surface area contributed by atoms with Gasteiger partial charge < -0.3 is 5.32 Å². The first kappa shape index (κ1) is 19.5. The van der Waals surface area contributed by atoms with Crippen LogP contribution in [-0.4, -0.2) is 14.8 Å². The Labute approximate surface area is 181 Å². The molecule has 0 saturated carbocycles. The lowest BCUT2D eigenvalue weighted by Gasteiger charge is -2.12. The molecule has 0 atom stereocenters. The molecule has 0 spiro atoms. The van der Waals surface area contributed by atoms with Gasteiger partial charge in [0, 0.05) is 21.3 Å². The molecule has 0 unspecified atom stereocenters. The maximum atomic E-state index is 13.1. The Hall–Kier alpha value is -2.86. The monoisotopic (exact) mass is 442 g/mol. The van der Waals surface area contributed by atoms with E-state index in [4.69, 9.17) is 34.8 Å². The van der Waals surface area contributed by atoms with Crippen LogP contribution >= 0.6 is 34.8 Å². The van der Waals surface area contributed by atoms with Crippen molar-refractivity contribution in [2.45, 2.75) is 0 Å². The molecule has 0 radical (unpaired) electrons. The molecule has 1 aromatic heterocycles. The molecule has 4 aromatic rings. The minimum absolute atomic E-state index is 0.125. The van der Waals surface area contributed by atoms with Crippen LogP contribution in [0, 0.1) is 0 Å². The van der Waals surface area contributed by atoms with E-state index in [-0.39, 0.29) is 16.7 Å². The number of para-hydroxylation sites is 1. The normalized spacial score (nSPS) is 11.6. The summed E-state index contributed by atoms with van der Waals surface area (Å²) in [7, 11) is 0. The molecule has 1 heterocycles.